The van der Waals surface area contributed by atoms with E-state index in [4.69, 9.17) is 12.2 Å². The zero-order chi connectivity index (χ0) is 8.97. The molecule has 0 aromatic carbocycles. The Hall–Kier alpha value is -1.44. The van der Waals surface area contributed by atoms with Gasteiger partial charge in [-0.3, -0.25) is 0 Å². The van der Waals surface area contributed by atoms with Gasteiger partial charge >= 0.3 is 0 Å². The first-order valence-electron chi connectivity index (χ1n) is 3.42. The number of nitrogens with two attached hydrogens (primary N) is 1. The number of aliphatic hydroxyl groups excluding tert-OH is 1. The lowest BCUT2D eigenvalue weighted by molar-refractivity contribution is 0.156. The molecule has 4 nitrogen and oxygen atoms in total. The van der Waals surface area contributed by atoms with Crippen LogP contribution in [0.3, 0.4) is 0 Å². The first-order valence-corrected chi connectivity index (χ1v) is 3.42. The Morgan fingerprint density at radius 2 is 2.08 bits per heavy atom. The van der Waals surface area contributed by atoms with Gasteiger partial charge in [0.15, 0.2) is 5.82 Å². The van der Waals surface area contributed by atoms with Crippen LogP contribution < -0.4 is 5.73 Å². The van der Waals surface area contributed by atoms with Crippen LogP contribution in [0.5, 0.6) is 0 Å². The van der Waals surface area contributed by atoms with Crippen molar-refractivity contribution in [3.8, 4) is 12.3 Å². The third kappa shape index (κ3) is 1.78. The fourth-order valence-electron chi connectivity index (χ4n) is 0.715. The first kappa shape index (κ1) is 8.65. The van der Waals surface area contributed by atoms with Crippen molar-refractivity contribution >= 4 is 0 Å². The van der Waals surface area contributed by atoms with E-state index in [2.05, 4.69) is 15.9 Å². The summed E-state index contributed by atoms with van der Waals surface area (Å²) >= 11 is 0. The Morgan fingerprint density at radius 1 is 1.50 bits per heavy atom. The predicted octanol–water partition coefficient (Wildman–Crippen LogP) is -0.530. The predicted molar refractivity (Wildman–Crippen MR) is 43.8 cm³/mol. The highest BCUT2D eigenvalue weighted by atomic mass is 16.3. The van der Waals surface area contributed by atoms with Crippen molar-refractivity contribution in [2.24, 2.45) is 5.73 Å². The number of aromatic nitrogens is 2. The minimum absolute atomic E-state index is 0.253. The lowest BCUT2D eigenvalue weighted by Gasteiger charge is -2.10. The van der Waals surface area contributed by atoms with Crippen molar-refractivity contribution in [1.29, 1.82) is 0 Å². The summed E-state index contributed by atoms with van der Waals surface area (Å²) in [7, 11) is 0. The highest BCUT2D eigenvalue weighted by molar-refractivity contribution is 5.07. The second-order valence-electron chi connectivity index (χ2n) is 2.24. The standard InChI is InChI=1S/C8H9N3O/c1-2-6(9)7(12)8-10-4-3-5-11-8/h1,3-7,12H,9H2. The van der Waals surface area contributed by atoms with E-state index in [1.54, 1.807) is 6.07 Å². The van der Waals surface area contributed by atoms with Crippen LogP contribution in [-0.2, 0) is 0 Å². The molecule has 62 valence electrons. The lowest BCUT2D eigenvalue weighted by Crippen LogP contribution is -2.27. The molecule has 0 spiro atoms. The van der Waals surface area contributed by atoms with Gasteiger partial charge < -0.3 is 10.8 Å². The summed E-state index contributed by atoms with van der Waals surface area (Å²) in [6, 6.07) is 0.893. The molecule has 0 aliphatic rings. The zero-order valence-electron chi connectivity index (χ0n) is 6.38. The number of aliphatic hydroxyl groups is 1. The molecule has 2 unspecified atom stereocenters. The minimum Gasteiger partial charge on any atom is -0.382 e. The summed E-state index contributed by atoms with van der Waals surface area (Å²) in [5.41, 5.74) is 5.38. The maximum Gasteiger partial charge on any atom is 0.159 e. The number of nitrogens with zero attached hydrogens (tertiary/aromatic N) is 2. The van der Waals surface area contributed by atoms with Crippen molar-refractivity contribution in [3.05, 3.63) is 24.3 Å². The monoisotopic (exact) mass is 163 g/mol. The molecule has 2 atom stereocenters. The average Bonchev–Trinajstić information content (AvgIpc) is 2.17. The van der Waals surface area contributed by atoms with Crippen LogP contribution in [0.4, 0.5) is 0 Å². The van der Waals surface area contributed by atoms with Gasteiger partial charge in [0.05, 0.1) is 6.04 Å². The number of hydrogen-bond acceptors (Lipinski definition) is 4. The molecule has 1 heterocycles. The molecule has 1 aromatic rings. The third-order valence-corrected chi connectivity index (χ3v) is 1.38. The summed E-state index contributed by atoms with van der Waals surface area (Å²) in [6.45, 7) is 0. The molecule has 0 bridgehead atoms. The highest BCUT2D eigenvalue weighted by Gasteiger charge is 2.16. The van der Waals surface area contributed by atoms with E-state index in [1.165, 1.54) is 12.4 Å². The Labute approximate surface area is 70.5 Å². The van der Waals surface area contributed by atoms with Crippen molar-refractivity contribution in [2.75, 3.05) is 0 Å². The maximum atomic E-state index is 9.40. The summed E-state index contributed by atoms with van der Waals surface area (Å²) in [5, 5.41) is 9.40. The van der Waals surface area contributed by atoms with E-state index >= 15 is 0 Å². The Balaban J connectivity index is 2.80. The molecule has 1 rings (SSSR count). The summed E-state index contributed by atoms with van der Waals surface area (Å²) in [4.78, 5) is 7.62. The summed E-state index contributed by atoms with van der Waals surface area (Å²) in [5.74, 6) is 2.46. The molecule has 4 heteroatoms. The van der Waals surface area contributed by atoms with E-state index in [0.29, 0.717) is 0 Å². The van der Waals surface area contributed by atoms with Crippen LogP contribution in [0.2, 0.25) is 0 Å². The van der Waals surface area contributed by atoms with Crippen molar-refractivity contribution in [3.63, 3.8) is 0 Å². The van der Waals surface area contributed by atoms with Crippen LogP contribution in [0.15, 0.2) is 18.5 Å². The van der Waals surface area contributed by atoms with E-state index in [-0.39, 0.29) is 5.82 Å². The fraction of sp³-hybridized carbons (Fsp3) is 0.250. The fourth-order valence-corrected chi connectivity index (χ4v) is 0.715. The first-order chi connectivity index (χ1) is 5.75. The van der Waals surface area contributed by atoms with E-state index in [0.717, 1.165) is 0 Å². The second-order valence-corrected chi connectivity index (χ2v) is 2.24. The quantitative estimate of drug-likeness (QED) is 0.575. The van der Waals surface area contributed by atoms with Gasteiger partial charge in [0.1, 0.15) is 6.10 Å². The van der Waals surface area contributed by atoms with Crippen LogP contribution in [0.25, 0.3) is 0 Å². The van der Waals surface area contributed by atoms with Crippen molar-refractivity contribution in [2.45, 2.75) is 12.1 Å². The second kappa shape index (κ2) is 3.81. The van der Waals surface area contributed by atoms with Crippen LogP contribution >= 0.6 is 0 Å². The van der Waals surface area contributed by atoms with Gasteiger partial charge in [0.25, 0.3) is 0 Å². The van der Waals surface area contributed by atoms with Crippen LogP contribution in [-0.4, -0.2) is 21.1 Å². The maximum absolute atomic E-state index is 9.40. The van der Waals surface area contributed by atoms with Gasteiger partial charge in [-0.25, -0.2) is 9.97 Å². The van der Waals surface area contributed by atoms with Gasteiger partial charge in [0.2, 0.25) is 0 Å². The Morgan fingerprint density at radius 3 is 2.58 bits per heavy atom. The topological polar surface area (TPSA) is 72.0 Å². The number of hydrogen-bond donors (Lipinski definition) is 2. The van der Waals surface area contributed by atoms with E-state index in [1.807, 2.05) is 0 Å². The van der Waals surface area contributed by atoms with Gasteiger partial charge in [0, 0.05) is 12.4 Å². The summed E-state index contributed by atoms with van der Waals surface area (Å²) < 4.78 is 0. The largest absolute Gasteiger partial charge is 0.382 e. The Kier molecular flexibility index (Phi) is 2.75. The number of terminal acetylenes is 1. The Bertz CT molecular complexity index is 280. The van der Waals surface area contributed by atoms with Crippen LogP contribution in [0, 0.1) is 12.3 Å². The molecule has 0 saturated heterocycles. The van der Waals surface area contributed by atoms with E-state index < -0.39 is 12.1 Å². The van der Waals surface area contributed by atoms with Gasteiger partial charge in [-0.2, -0.15) is 0 Å². The van der Waals surface area contributed by atoms with E-state index in [9.17, 15) is 5.11 Å². The van der Waals surface area contributed by atoms with Gasteiger partial charge in [-0.1, -0.05) is 5.92 Å². The van der Waals surface area contributed by atoms with Crippen molar-refractivity contribution in [1.82, 2.24) is 9.97 Å². The minimum atomic E-state index is -0.990. The molecular formula is C8H9N3O. The SMILES string of the molecule is C#CC(N)C(O)c1ncccn1. The zero-order valence-corrected chi connectivity index (χ0v) is 6.38. The molecule has 0 amide bonds. The van der Waals surface area contributed by atoms with Gasteiger partial charge in [-0.15, -0.1) is 6.42 Å². The van der Waals surface area contributed by atoms with Crippen molar-refractivity contribution < 1.29 is 5.11 Å². The molecule has 0 aliphatic carbocycles. The third-order valence-electron chi connectivity index (χ3n) is 1.38. The highest BCUT2D eigenvalue weighted by Crippen LogP contribution is 2.08. The summed E-state index contributed by atoms with van der Waals surface area (Å²) in [6.07, 6.45) is 7.08. The van der Waals surface area contributed by atoms with Gasteiger partial charge in [-0.05, 0) is 6.07 Å². The number of rotatable bonds is 2. The normalized spacial score (nSPS) is 14.8. The molecule has 0 saturated carbocycles. The molecule has 1 aromatic heterocycles. The molecule has 0 aliphatic heterocycles. The molecule has 0 fully saturated rings. The molecular weight excluding hydrogens is 154 g/mol. The molecule has 12 heavy (non-hydrogen) atoms. The van der Waals surface area contributed by atoms with Crippen LogP contribution in [0.1, 0.15) is 11.9 Å². The molecule has 0 radical (unpaired) electrons. The molecule has 3 N–H and O–H groups in total. The smallest absolute Gasteiger partial charge is 0.159 e. The average molecular weight is 163 g/mol. The lowest BCUT2D eigenvalue weighted by atomic mass is 10.2.